The lowest BCUT2D eigenvalue weighted by molar-refractivity contribution is 1.32. The molecule has 0 fully saturated rings. The molecule has 0 heterocycles. The molecule has 0 aliphatic carbocycles. The van der Waals surface area contributed by atoms with Crippen molar-refractivity contribution in [2.75, 3.05) is 13.3 Å². The van der Waals surface area contributed by atoms with Gasteiger partial charge in [0.2, 0.25) is 0 Å². The molecule has 0 saturated carbocycles. The highest BCUT2D eigenvalue weighted by Gasteiger charge is 1.85. The summed E-state index contributed by atoms with van der Waals surface area (Å²) in [5.74, 6) is 0. The standard InChI is InChI=1S/C5H8N2S/c1-4-7-5(6-2)8-3/h1H,2-3H3,(H,6,7). The van der Waals surface area contributed by atoms with Crippen LogP contribution in [-0.2, 0) is 0 Å². The van der Waals surface area contributed by atoms with E-state index in [1.165, 1.54) is 11.8 Å². The monoisotopic (exact) mass is 128 g/mol. The minimum absolute atomic E-state index is 0.771. The van der Waals surface area contributed by atoms with Crippen LogP contribution in [0.1, 0.15) is 0 Å². The molecule has 1 N–H and O–H groups in total. The molecule has 0 rings (SSSR count). The van der Waals surface area contributed by atoms with Gasteiger partial charge < -0.3 is 0 Å². The Bertz CT molecular complexity index is 123. The van der Waals surface area contributed by atoms with Gasteiger partial charge in [-0.1, -0.05) is 18.2 Å². The van der Waals surface area contributed by atoms with Crippen LogP contribution in [0.15, 0.2) is 4.99 Å². The van der Waals surface area contributed by atoms with E-state index in [1.807, 2.05) is 6.26 Å². The van der Waals surface area contributed by atoms with Crippen LogP contribution in [0.2, 0.25) is 0 Å². The number of rotatable bonds is 0. The van der Waals surface area contributed by atoms with Crippen molar-refractivity contribution in [1.82, 2.24) is 5.32 Å². The van der Waals surface area contributed by atoms with Crippen LogP contribution < -0.4 is 5.32 Å². The first-order chi connectivity index (χ1) is 3.85. The average Bonchev–Trinajstić information content (AvgIpc) is 1.83. The molecular weight excluding hydrogens is 120 g/mol. The Morgan fingerprint density at radius 3 is 2.62 bits per heavy atom. The minimum atomic E-state index is 0.771. The van der Waals surface area contributed by atoms with Crippen molar-refractivity contribution in [3.63, 3.8) is 0 Å². The Kier molecular flexibility index (Phi) is 4.19. The summed E-state index contributed by atoms with van der Waals surface area (Å²) in [6.07, 6.45) is 6.83. The van der Waals surface area contributed by atoms with Crippen molar-refractivity contribution in [2.45, 2.75) is 0 Å². The predicted molar refractivity (Wildman–Crippen MR) is 38.8 cm³/mol. The molecule has 0 bridgehead atoms. The average molecular weight is 128 g/mol. The van der Waals surface area contributed by atoms with E-state index < -0.39 is 0 Å². The summed E-state index contributed by atoms with van der Waals surface area (Å²) >= 11 is 1.49. The van der Waals surface area contributed by atoms with E-state index in [-0.39, 0.29) is 0 Å². The molecule has 0 radical (unpaired) electrons. The van der Waals surface area contributed by atoms with Gasteiger partial charge in [0.05, 0.1) is 0 Å². The van der Waals surface area contributed by atoms with E-state index in [0.29, 0.717) is 0 Å². The Labute approximate surface area is 53.8 Å². The zero-order valence-corrected chi connectivity index (χ0v) is 5.75. The van der Waals surface area contributed by atoms with Gasteiger partial charge >= 0.3 is 0 Å². The van der Waals surface area contributed by atoms with Gasteiger partial charge in [0, 0.05) is 13.1 Å². The zero-order chi connectivity index (χ0) is 6.41. The second-order valence-corrected chi connectivity index (χ2v) is 1.80. The summed E-state index contributed by atoms with van der Waals surface area (Å²) < 4.78 is 0. The lowest BCUT2D eigenvalue weighted by atomic mass is 11.0. The number of nitrogens with one attached hydrogen (secondary N) is 1. The highest BCUT2D eigenvalue weighted by Crippen LogP contribution is 1.90. The first kappa shape index (κ1) is 7.38. The Morgan fingerprint density at radius 2 is 2.50 bits per heavy atom. The van der Waals surface area contributed by atoms with Gasteiger partial charge in [0.15, 0.2) is 5.17 Å². The molecule has 2 nitrogen and oxygen atoms in total. The third-order valence-electron chi connectivity index (χ3n) is 0.576. The van der Waals surface area contributed by atoms with E-state index in [0.717, 1.165) is 5.17 Å². The highest BCUT2D eigenvalue weighted by atomic mass is 32.2. The second-order valence-electron chi connectivity index (χ2n) is 1.00. The van der Waals surface area contributed by atoms with Crippen molar-refractivity contribution in [1.29, 1.82) is 0 Å². The summed E-state index contributed by atoms with van der Waals surface area (Å²) in [7, 11) is 1.69. The third-order valence-corrected chi connectivity index (χ3v) is 1.25. The zero-order valence-electron chi connectivity index (χ0n) is 4.93. The van der Waals surface area contributed by atoms with E-state index >= 15 is 0 Å². The summed E-state index contributed by atoms with van der Waals surface area (Å²) in [5, 5.41) is 3.39. The second kappa shape index (κ2) is 4.54. The van der Waals surface area contributed by atoms with Gasteiger partial charge in [0.25, 0.3) is 0 Å². The third kappa shape index (κ3) is 2.54. The lowest BCUT2D eigenvalue weighted by Crippen LogP contribution is -2.12. The van der Waals surface area contributed by atoms with Crippen molar-refractivity contribution in [3.8, 4) is 12.5 Å². The van der Waals surface area contributed by atoms with Gasteiger partial charge in [-0.3, -0.25) is 10.3 Å². The number of hydrogen-bond donors (Lipinski definition) is 1. The summed E-state index contributed by atoms with van der Waals surface area (Å²) in [6.45, 7) is 0. The smallest absolute Gasteiger partial charge is 0.167 e. The van der Waals surface area contributed by atoms with Crippen molar-refractivity contribution in [3.05, 3.63) is 0 Å². The van der Waals surface area contributed by atoms with E-state index in [1.54, 1.807) is 7.05 Å². The van der Waals surface area contributed by atoms with Crippen molar-refractivity contribution >= 4 is 16.9 Å². The molecule has 0 aromatic rings. The quantitative estimate of drug-likeness (QED) is 0.222. The maximum Gasteiger partial charge on any atom is 0.167 e. The number of nitrogens with zero attached hydrogens (tertiary/aromatic N) is 1. The maximum atomic E-state index is 4.93. The van der Waals surface area contributed by atoms with Crippen LogP contribution in [0.25, 0.3) is 0 Å². The minimum Gasteiger partial charge on any atom is -0.294 e. The van der Waals surface area contributed by atoms with Gasteiger partial charge in [-0.05, 0) is 6.26 Å². The topological polar surface area (TPSA) is 24.4 Å². The van der Waals surface area contributed by atoms with Crippen LogP contribution in [0, 0.1) is 12.5 Å². The fourth-order valence-corrected chi connectivity index (χ4v) is 0.604. The Morgan fingerprint density at radius 1 is 1.88 bits per heavy atom. The van der Waals surface area contributed by atoms with Crippen LogP contribution in [0.4, 0.5) is 0 Å². The fourth-order valence-electron chi connectivity index (χ4n) is 0.260. The summed E-state index contributed by atoms with van der Waals surface area (Å²) in [5.41, 5.74) is 0. The van der Waals surface area contributed by atoms with E-state index in [4.69, 9.17) is 6.42 Å². The van der Waals surface area contributed by atoms with E-state index in [2.05, 4.69) is 16.4 Å². The maximum absolute atomic E-state index is 4.93. The van der Waals surface area contributed by atoms with Gasteiger partial charge in [-0.15, -0.1) is 0 Å². The van der Waals surface area contributed by atoms with Crippen LogP contribution in [0.5, 0.6) is 0 Å². The molecule has 8 heavy (non-hydrogen) atoms. The highest BCUT2D eigenvalue weighted by molar-refractivity contribution is 8.13. The molecule has 0 aromatic carbocycles. The van der Waals surface area contributed by atoms with Crippen LogP contribution in [-0.4, -0.2) is 18.5 Å². The van der Waals surface area contributed by atoms with Crippen molar-refractivity contribution < 1.29 is 0 Å². The number of thioether (sulfide) groups is 1. The normalized spacial score (nSPS) is 10.4. The molecule has 0 aliphatic rings. The molecule has 0 atom stereocenters. The van der Waals surface area contributed by atoms with Crippen LogP contribution >= 0.6 is 11.8 Å². The number of amidine groups is 1. The van der Waals surface area contributed by atoms with Crippen molar-refractivity contribution in [2.24, 2.45) is 4.99 Å². The first-order valence-electron chi connectivity index (χ1n) is 2.07. The Balaban J connectivity index is 3.59. The van der Waals surface area contributed by atoms with Gasteiger partial charge in [-0.25, -0.2) is 0 Å². The molecule has 0 unspecified atom stereocenters. The fraction of sp³-hybridized carbons (Fsp3) is 0.400. The molecule has 0 aromatic heterocycles. The SMILES string of the molecule is C#CNC(=NC)SC. The molecule has 0 amide bonds. The lowest BCUT2D eigenvalue weighted by Gasteiger charge is -1.94. The predicted octanol–water partition coefficient (Wildman–Crippen LogP) is 0.516. The number of aliphatic imine (C=N–C) groups is 1. The number of hydrogen-bond acceptors (Lipinski definition) is 2. The molecule has 0 saturated heterocycles. The largest absolute Gasteiger partial charge is 0.294 e. The summed E-state index contributed by atoms with van der Waals surface area (Å²) in [6, 6.07) is 2.27. The molecular formula is C5H8N2S. The molecule has 0 spiro atoms. The van der Waals surface area contributed by atoms with Gasteiger partial charge in [0.1, 0.15) is 0 Å². The number of terminal acetylenes is 1. The molecule has 44 valence electrons. The summed E-state index contributed by atoms with van der Waals surface area (Å²) in [4.78, 5) is 3.82. The first-order valence-corrected chi connectivity index (χ1v) is 3.30. The molecule has 3 heteroatoms. The van der Waals surface area contributed by atoms with Gasteiger partial charge in [-0.2, -0.15) is 0 Å². The molecule has 0 aliphatic heterocycles. The Hall–Kier alpha value is -0.620. The van der Waals surface area contributed by atoms with E-state index in [9.17, 15) is 0 Å². The van der Waals surface area contributed by atoms with Crippen LogP contribution in [0.3, 0.4) is 0 Å².